The number of sulfonamides is 1. The van der Waals surface area contributed by atoms with E-state index in [1.54, 1.807) is 30.3 Å². The van der Waals surface area contributed by atoms with Crippen molar-refractivity contribution in [3.8, 4) is 0 Å². The molecule has 0 unspecified atom stereocenters. The van der Waals surface area contributed by atoms with Crippen LogP contribution < -0.4 is 10.2 Å². The molecule has 2 fully saturated rings. The predicted octanol–water partition coefficient (Wildman–Crippen LogP) is 2.62. The topological polar surface area (TPSA) is 73.0 Å². The van der Waals surface area contributed by atoms with Gasteiger partial charge < -0.3 is 15.1 Å². The van der Waals surface area contributed by atoms with Crippen LogP contribution in [0.2, 0.25) is 0 Å². The van der Waals surface area contributed by atoms with Crippen molar-refractivity contribution >= 4 is 27.3 Å². The third kappa shape index (κ3) is 4.76. The average Bonchev–Trinajstić information content (AvgIpc) is 2.80. The zero-order valence-corrected chi connectivity index (χ0v) is 18.7. The van der Waals surface area contributed by atoms with E-state index < -0.39 is 16.1 Å². The molecule has 2 heterocycles. The molecule has 1 amide bonds. The fourth-order valence-corrected chi connectivity index (χ4v) is 5.98. The van der Waals surface area contributed by atoms with Gasteiger partial charge in [-0.15, -0.1) is 0 Å². The largest absolute Gasteiger partial charge is 0.367 e. The fraction of sp³-hybridized carbons (Fsp3) is 0.435. The molecule has 166 valence electrons. The Morgan fingerprint density at radius 2 is 1.58 bits per heavy atom. The summed E-state index contributed by atoms with van der Waals surface area (Å²) in [6.07, 6.45) is 2.11. The van der Waals surface area contributed by atoms with E-state index in [2.05, 4.69) is 22.2 Å². The van der Waals surface area contributed by atoms with Crippen LogP contribution in [0, 0.1) is 0 Å². The highest BCUT2D eigenvalue weighted by Gasteiger charge is 2.37. The molecule has 2 aromatic carbocycles. The van der Waals surface area contributed by atoms with Gasteiger partial charge >= 0.3 is 0 Å². The monoisotopic (exact) mass is 442 g/mol. The summed E-state index contributed by atoms with van der Waals surface area (Å²) in [6, 6.07) is 15.4. The quantitative estimate of drug-likeness (QED) is 0.771. The molecule has 7 nitrogen and oxygen atoms in total. The lowest BCUT2D eigenvalue weighted by atomic mass is 10.0. The molecule has 0 radical (unpaired) electrons. The highest BCUT2D eigenvalue weighted by atomic mass is 32.2. The molecule has 0 spiro atoms. The highest BCUT2D eigenvalue weighted by molar-refractivity contribution is 7.89. The van der Waals surface area contributed by atoms with Gasteiger partial charge in [0, 0.05) is 32.7 Å². The summed E-state index contributed by atoms with van der Waals surface area (Å²) in [5.41, 5.74) is 1.72. The number of amides is 1. The number of piperidine rings is 1. The molecule has 2 aliphatic rings. The maximum atomic E-state index is 13.3. The number of nitrogens with one attached hydrogen (secondary N) is 1. The first-order valence-electron chi connectivity index (χ1n) is 10.9. The Bertz CT molecular complexity index is 1000. The molecular weight excluding hydrogens is 412 g/mol. The van der Waals surface area contributed by atoms with Crippen molar-refractivity contribution in [1.29, 1.82) is 0 Å². The number of hydrogen-bond donors (Lipinski definition) is 1. The summed E-state index contributed by atoms with van der Waals surface area (Å²) in [6.45, 7) is 4.07. The summed E-state index contributed by atoms with van der Waals surface area (Å²) in [5, 5.41) is 3.04. The van der Waals surface area contributed by atoms with Gasteiger partial charge in [0.1, 0.15) is 6.04 Å². The van der Waals surface area contributed by atoms with Gasteiger partial charge in [-0.05, 0) is 44.2 Å². The smallest absolute Gasteiger partial charge is 0.243 e. The van der Waals surface area contributed by atoms with Crippen molar-refractivity contribution in [3.63, 3.8) is 0 Å². The molecule has 2 aromatic rings. The van der Waals surface area contributed by atoms with Crippen LogP contribution >= 0.6 is 0 Å². The predicted molar refractivity (Wildman–Crippen MR) is 123 cm³/mol. The van der Waals surface area contributed by atoms with E-state index in [-0.39, 0.29) is 10.8 Å². The van der Waals surface area contributed by atoms with Crippen LogP contribution in [0.25, 0.3) is 0 Å². The second kappa shape index (κ2) is 9.38. The summed E-state index contributed by atoms with van der Waals surface area (Å²) in [4.78, 5) is 18.1. The molecule has 31 heavy (non-hydrogen) atoms. The lowest BCUT2D eigenvalue weighted by Crippen LogP contribution is -2.50. The number of benzene rings is 2. The second-order valence-corrected chi connectivity index (χ2v) is 10.1. The molecule has 0 saturated carbocycles. The van der Waals surface area contributed by atoms with Crippen LogP contribution in [0.5, 0.6) is 0 Å². The number of piperazine rings is 1. The van der Waals surface area contributed by atoms with Crippen molar-refractivity contribution in [2.75, 3.05) is 50.0 Å². The minimum absolute atomic E-state index is 0.229. The summed E-state index contributed by atoms with van der Waals surface area (Å²) < 4.78 is 27.8. The van der Waals surface area contributed by atoms with Crippen LogP contribution in [-0.2, 0) is 14.8 Å². The third-order valence-electron chi connectivity index (χ3n) is 6.11. The number of nitrogens with zero attached hydrogens (tertiary/aromatic N) is 3. The molecule has 0 bridgehead atoms. The van der Waals surface area contributed by atoms with E-state index in [0.717, 1.165) is 50.4 Å². The first kappa shape index (κ1) is 21.8. The van der Waals surface area contributed by atoms with E-state index >= 15 is 0 Å². The van der Waals surface area contributed by atoms with Crippen molar-refractivity contribution in [2.45, 2.75) is 30.2 Å². The van der Waals surface area contributed by atoms with Crippen molar-refractivity contribution in [2.24, 2.45) is 0 Å². The number of para-hydroxylation sites is 2. The van der Waals surface area contributed by atoms with Crippen LogP contribution in [0.1, 0.15) is 19.3 Å². The van der Waals surface area contributed by atoms with E-state index in [1.807, 2.05) is 24.3 Å². The van der Waals surface area contributed by atoms with Gasteiger partial charge in [-0.3, -0.25) is 4.79 Å². The van der Waals surface area contributed by atoms with Crippen LogP contribution in [0.15, 0.2) is 59.5 Å². The van der Waals surface area contributed by atoms with Gasteiger partial charge in [0.05, 0.1) is 16.3 Å². The molecule has 0 aromatic heterocycles. The standard InChI is InChI=1S/C23H30N4O3S/c1-25-15-17-26(18-16-25)21-12-6-5-11-20(21)24-23(28)22-13-7-8-14-27(22)31(29,30)19-9-3-2-4-10-19/h2-6,9-12,22H,7-8,13-18H2,1H3,(H,24,28)/t22-/m1/s1. The fourth-order valence-electron chi connectivity index (χ4n) is 4.30. The maximum absolute atomic E-state index is 13.3. The number of carbonyl (C=O) groups excluding carboxylic acids is 1. The highest BCUT2D eigenvalue weighted by Crippen LogP contribution is 2.30. The average molecular weight is 443 g/mol. The minimum atomic E-state index is -3.73. The lowest BCUT2D eigenvalue weighted by Gasteiger charge is -2.36. The first-order chi connectivity index (χ1) is 15.0. The van der Waals surface area contributed by atoms with Crippen LogP contribution in [0.4, 0.5) is 11.4 Å². The Labute approximate surface area is 184 Å². The Hall–Kier alpha value is -2.42. The Kier molecular flexibility index (Phi) is 6.60. The van der Waals surface area contributed by atoms with E-state index in [9.17, 15) is 13.2 Å². The van der Waals surface area contributed by atoms with Gasteiger partial charge in [0.25, 0.3) is 0 Å². The molecule has 8 heteroatoms. The van der Waals surface area contributed by atoms with Gasteiger partial charge in [0.15, 0.2) is 0 Å². The van der Waals surface area contributed by atoms with Gasteiger partial charge in [-0.1, -0.05) is 36.8 Å². The molecule has 4 rings (SSSR count). The Balaban J connectivity index is 1.55. The van der Waals surface area contributed by atoms with Gasteiger partial charge in [-0.2, -0.15) is 4.31 Å². The van der Waals surface area contributed by atoms with Gasteiger partial charge in [0.2, 0.25) is 15.9 Å². The van der Waals surface area contributed by atoms with Gasteiger partial charge in [-0.25, -0.2) is 8.42 Å². The second-order valence-electron chi connectivity index (χ2n) is 8.24. The number of hydrogen-bond acceptors (Lipinski definition) is 5. The zero-order valence-electron chi connectivity index (χ0n) is 17.9. The summed E-state index contributed by atoms with van der Waals surface area (Å²) in [7, 11) is -1.62. The summed E-state index contributed by atoms with van der Waals surface area (Å²) >= 11 is 0. The number of anilines is 2. The van der Waals surface area contributed by atoms with E-state index in [0.29, 0.717) is 13.0 Å². The molecule has 2 aliphatic heterocycles. The Morgan fingerprint density at radius 1 is 0.903 bits per heavy atom. The molecule has 1 N–H and O–H groups in total. The Morgan fingerprint density at radius 3 is 2.32 bits per heavy atom. The normalized spacial score (nSPS) is 21.1. The van der Waals surface area contributed by atoms with Crippen molar-refractivity contribution < 1.29 is 13.2 Å². The molecule has 1 atom stereocenters. The maximum Gasteiger partial charge on any atom is 0.243 e. The summed E-state index contributed by atoms with van der Waals surface area (Å²) in [5.74, 6) is -0.263. The number of rotatable bonds is 5. The number of carbonyl (C=O) groups is 1. The van der Waals surface area contributed by atoms with Crippen LogP contribution in [-0.4, -0.2) is 69.3 Å². The van der Waals surface area contributed by atoms with Crippen molar-refractivity contribution in [3.05, 3.63) is 54.6 Å². The minimum Gasteiger partial charge on any atom is -0.367 e. The van der Waals surface area contributed by atoms with E-state index in [4.69, 9.17) is 0 Å². The molecule has 2 saturated heterocycles. The zero-order chi connectivity index (χ0) is 21.8. The molecule has 0 aliphatic carbocycles. The SMILES string of the molecule is CN1CCN(c2ccccc2NC(=O)[C@H]2CCCCN2S(=O)(=O)c2ccccc2)CC1. The molecular formula is C23H30N4O3S. The lowest BCUT2D eigenvalue weighted by molar-refractivity contribution is -0.120. The first-order valence-corrected chi connectivity index (χ1v) is 12.3. The number of likely N-dealkylation sites (N-methyl/N-ethyl adjacent to an activating group) is 1. The van der Waals surface area contributed by atoms with E-state index in [1.165, 1.54) is 4.31 Å². The van der Waals surface area contributed by atoms with Crippen molar-refractivity contribution in [1.82, 2.24) is 9.21 Å². The third-order valence-corrected chi connectivity index (χ3v) is 8.03. The van der Waals surface area contributed by atoms with Crippen LogP contribution in [0.3, 0.4) is 0 Å².